The summed E-state index contributed by atoms with van der Waals surface area (Å²) in [6, 6.07) is 0. The number of allylic oxidation sites excluding steroid dienone is 1. The monoisotopic (exact) mass is 164 g/mol. The smallest absolute Gasteiger partial charge is 0.0238 e. The lowest BCUT2D eigenvalue weighted by Gasteiger charge is -2.32. The topological polar surface area (TPSA) is 0 Å². The van der Waals surface area contributed by atoms with Crippen molar-refractivity contribution >= 4 is 0 Å². The van der Waals surface area contributed by atoms with Crippen LogP contribution in [-0.2, 0) is 0 Å². The van der Waals surface area contributed by atoms with E-state index in [9.17, 15) is 0 Å². The maximum absolute atomic E-state index is 3.86. The average molecular weight is 164 g/mol. The molecule has 2 saturated carbocycles. The van der Waals surface area contributed by atoms with E-state index in [4.69, 9.17) is 0 Å². The van der Waals surface area contributed by atoms with Crippen molar-refractivity contribution < 1.29 is 0 Å². The Kier molecular flexibility index (Phi) is 1.65. The molecule has 2 aliphatic carbocycles. The third-order valence-electron chi connectivity index (χ3n) is 4.37. The molecule has 0 nitrogen and oxygen atoms in total. The number of hydrogen-bond acceptors (Lipinski definition) is 0. The minimum atomic E-state index is 0.693. The van der Waals surface area contributed by atoms with E-state index in [0.29, 0.717) is 5.41 Å². The Morgan fingerprint density at radius 3 is 2.50 bits per heavy atom. The van der Waals surface area contributed by atoms with Gasteiger partial charge in [0.25, 0.3) is 0 Å². The molecule has 1 spiro atoms. The summed E-state index contributed by atoms with van der Waals surface area (Å²) in [6.45, 7) is 8.64. The van der Waals surface area contributed by atoms with Crippen LogP contribution in [0.3, 0.4) is 0 Å². The highest BCUT2D eigenvalue weighted by Gasteiger charge is 2.65. The first kappa shape index (κ1) is 8.34. The molecular weight excluding hydrogens is 144 g/mol. The Labute approximate surface area is 76.1 Å². The number of hydrogen-bond donors (Lipinski definition) is 0. The van der Waals surface area contributed by atoms with Crippen LogP contribution in [0.15, 0.2) is 12.7 Å². The molecule has 0 aliphatic heterocycles. The Morgan fingerprint density at radius 1 is 1.50 bits per heavy atom. The lowest BCUT2D eigenvalue weighted by molar-refractivity contribution is 0.195. The molecule has 2 aliphatic rings. The largest absolute Gasteiger partial charge is 0.103 e. The number of rotatable bonds is 3. The molecule has 68 valence electrons. The van der Waals surface area contributed by atoms with Crippen molar-refractivity contribution in [1.29, 1.82) is 0 Å². The summed E-state index contributed by atoms with van der Waals surface area (Å²) in [5, 5.41) is 0. The van der Waals surface area contributed by atoms with Crippen LogP contribution >= 0.6 is 0 Å². The molecule has 0 aromatic heterocycles. The van der Waals surface area contributed by atoms with Gasteiger partial charge in [-0.1, -0.05) is 26.3 Å². The first-order valence-corrected chi connectivity index (χ1v) is 5.24. The Morgan fingerprint density at radius 2 is 2.17 bits per heavy atom. The van der Waals surface area contributed by atoms with Crippen molar-refractivity contribution in [2.45, 2.75) is 46.0 Å². The molecule has 2 unspecified atom stereocenters. The third kappa shape index (κ3) is 0.967. The van der Waals surface area contributed by atoms with Gasteiger partial charge in [-0.25, -0.2) is 0 Å². The van der Waals surface area contributed by atoms with E-state index in [1.54, 1.807) is 0 Å². The fraction of sp³-hybridized carbons (Fsp3) is 0.833. The average Bonchev–Trinajstić information content (AvgIpc) is 2.56. The van der Waals surface area contributed by atoms with E-state index in [-0.39, 0.29) is 0 Å². The van der Waals surface area contributed by atoms with E-state index in [1.165, 1.54) is 32.1 Å². The molecule has 0 N–H and O–H groups in total. The van der Waals surface area contributed by atoms with E-state index >= 15 is 0 Å². The summed E-state index contributed by atoms with van der Waals surface area (Å²) >= 11 is 0. The van der Waals surface area contributed by atoms with Gasteiger partial charge in [-0.05, 0) is 42.4 Å². The van der Waals surface area contributed by atoms with Crippen LogP contribution in [-0.4, -0.2) is 0 Å². The highest BCUT2D eigenvalue weighted by Crippen LogP contribution is 2.75. The summed E-state index contributed by atoms with van der Waals surface area (Å²) in [4.78, 5) is 0. The minimum Gasteiger partial charge on any atom is -0.103 e. The maximum Gasteiger partial charge on any atom is -0.0238 e. The molecule has 0 saturated heterocycles. The van der Waals surface area contributed by atoms with Gasteiger partial charge in [-0.15, -0.1) is 6.58 Å². The highest BCUT2D eigenvalue weighted by molar-refractivity contribution is 5.16. The van der Waals surface area contributed by atoms with E-state index < -0.39 is 0 Å². The van der Waals surface area contributed by atoms with Crippen molar-refractivity contribution in [3.63, 3.8) is 0 Å². The molecule has 0 radical (unpaired) electrons. The van der Waals surface area contributed by atoms with Gasteiger partial charge in [-0.2, -0.15) is 0 Å². The second-order valence-electron chi connectivity index (χ2n) is 5.29. The fourth-order valence-electron chi connectivity index (χ4n) is 3.17. The van der Waals surface area contributed by atoms with Crippen molar-refractivity contribution in [1.82, 2.24) is 0 Å². The molecule has 2 atom stereocenters. The third-order valence-corrected chi connectivity index (χ3v) is 4.37. The van der Waals surface area contributed by atoms with Gasteiger partial charge in [0, 0.05) is 0 Å². The van der Waals surface area contributed by atoms with Crippen molar-refractivity contribution in [2.24, 2.45) is 16.7 Å². The molecule has 2 rings (SSSR count). The van der Waals surface area contributed by atoms with Crippen LogP contribution in [0.4, 0.5) is 0 Å². The van der Waals surface area contributed by atoms with Gasteiger partial charge >= 0.3 is 0 Å². The Bertz CT molecular complexity index is 200. The standard InChI is InChI=1S/C12H20/c1-4-10(2)8-11(3)9-12(11)6-5-7-12/h4,10H,1,5-9H2,2-3H3. The van der Waals surface area contributed by atoms with Crippen molar-refractivity contribution in [3.05, 3.63) is 12.7 Å². The summed E-state index contributed by atoms with van der Waals surface area (Å²) in [5.74, 6) is 0.718. The summed E-state index contributed by atoms with van der Waals surface area (Å²) in [7, 11) is 0. The predicted octanol–water partition coefficient (Wildman–Crippen LogP) is 3.78. The first-order valence-electron chi connectivity index (χ1n) is 5.24. The highest BCUT2D eigenvalue weighted by atomic mass is 14.7. The molecule has 2 fully saturated rings. The SMILES string of the molecule is C=CC(C)CC1(C)CC12CCC2. The van der Waals surface area contributed by atoms with Crippen molar-refractivity contribution in [2.75, 3.05) is 0 Å². The van der Waals surface area contributed by atoms with Gasteiger partial charge in [0.2, 0.25) is 0 Å². The lowest BCUT2D eigenvalue weighted by Crippen LogP contribution is -2.21. The molecule has 0 aromatic rings. The van der Waals surface area contributed by atoms with Gasteiger partial charge < -0.3 is 0 Å². The normalized spacial score (nSPS) is 38.8. The zero-order chi connectivity index (χ0) is 8.82. The van der Waals surface area contributed by atoms with Crippen molar-refractivity contribution in [3.8, 4) is 0 Å². The second-order valence-corrected chi connectivity index (χ2v) is 5.29. The Balaban J connectivity index is 1.93. The molecule has 0 amide bonds. The molecule has 0 heteroatoms. The predicted molar refractivity (Wildman–Crippen MR) is 53.0 cm³/mol. The fourth-order valence-corrected chi connectivity index (χ4v) is 3.17. The summed E-state index contributed by atoms with van der Waals surface area (Å²) in [5.41, 5.74) is 1.50. The van der Waals surface area contributed by atoms with Crippen LogP contribution in [0.2, 0.25) is 0 Å². The summed E-state index contributed by atoms with van der Waals surface area (Å²) < 4.78 is 0. The van der Waals surface area contributed by atoms with Gasteiger partial charge in [0.15, 0.2) is 0 Å². The van der Waals surface area contributed by atoms with Crippen LogP contribution in [0.1, 0.15) is 46.0 Å². The lowest BCUT2D eigenvalue weighted by atomic mass is 9.73. The van der Waals surface area contributed by atoms with E-state index in [0.717, 1.165) is 11.3 Å². The van der Waals surface area contributed by atoms with Crippen LogP contribution in [0, 0.1) is 16.7 Å². The van der Waals surface area contributed by atoms with Crippen LogP contribution in [0.25, 0.3) is 0 Å². The van der Waals surface area contributed by atoms with E-state index in [2.05, 4.69) is 26.5 Å². The van der Waals surface area contributed by atoms with Crippen LogP contribution in [0.5, 0.6) is 0 Å². The molecule has 0 aromatic carbocycles. The van der Waals surface area contributed by atoms with E-state index in [1.807, 2.05) is 0 Å². The zero-order valence-corrected chi connectivity index (χ0v) is 8.40. The minimum absolute atomic E-state index is 0.693. The Hall–Kier alpha value is -0.260. The molecule has 0 bridgehead atoms. The molecule has 12 heavy (non-hydrogen) atoms. The maximum atomic E-state index is 3.86. The van der Waals surface area contributed by atoms with Gasteiger partial charge in [-0.3, -0.25) is 0 Å². The first-order chi connectivity index (χ1) is 5.62. The quantitative estimate of drug-likeness (QED) is 0.557. The van der Waals surface area contributed by atoms with Gasteiger partial charge in [0.1, 0.15) is 0 Å². The van der Waals surface area contributed by atoms with Crippen LogP contribution < -0.4 is 0 Å². The summed E-state index contributed by atoms with van der Waals surface area (Å²) in [6.07, 6.45) is 9.48. The zero-order valence-electron chi connectivity index (χ0n) is 8.40. The molecule has 0 heterocycles. The second kappa shape index (κ2) is 2.37. The molecular formula is C12H20. The van der Waals surface area contributed by atoms with Gasteiger partial charge in [0.05, 0.1) is 0 Å².